The van der Waals surface area contributed by atoms with E-state index in [9.17, 15) is 0 Å². The van der Waals surface area contributed by atoms with Crippen LogP contribution < -0.4 is 15.3 Å². The first-order valence-corrected chi connectivity index (χ1v) is 26.4. The molecule has 2 nitrogen and oxygen atoms in total. The van der Waals surface area contributed by atoms with E-state index < -0.39 is 0 Å². The van der Waals surface area contributed by atoms with Gasteiger partial charge in [-0.2, -0.15) is 0 Å². The molecule has 0 heterocycles. The van der Waals surface area contributed by atoms with E-state index in [-0.39, 0.29) is 22.9 Å². The Morgan fingerprint density at radius 1 is 0.486 bits per heavy atom. The van der Waals surface area contributed by atoms with Gasteiger partial charge in [-0.15, -0.1) is 0 Å². The fourth-order valence-electron chi connectivity index (χ4n) is 11.6. The molecule has 0 fully saturated rings. The molecule has 0 bridgehead atoms. The lowest BCUT2D eigenvalue weighted by molar-refractivity contribution is 0.248. The molecule has 358 valence electrons. The quantitative estimate of drug-likeness (QED) is 0.135. The Morgan fingerprint density at radius 3 is 1.86 bits per heavy atom. The fourth-order valence-corrected chi connectivity index (χ4v) is 11.6. The van der Waals surface area contributed by atoms with Gasteiger partial charge in [0, 0.05) is 28.7 Å². The number of rotatable bonds is 10. The van der Waals surface area contributed by atoms with Crippen LogP contribution in [0.2, 0.25) is 0 Å². The van der Waals surface area contributed by atoms with Gasteiger partial charge in [-0.05, 0) is 163 Å². The van der Waals surface area contributed by atoms with E-state index in [1.807, 2.05) is 0 Å². The molecule has 3 unspecified atom stereocenters. The molecule has 4 aliphatic rings. The molecular weight excluding hydrogens is 869 g/mol. The predicted molar refractivity (Wildman–Crippen MR) is 309 cm³/mol. The van der Waals surface area contributed by atoms with Gasteiger partial charge in [0.2, 0.25) is 0 Å². The van der Waals surface area contributed by atoms with Gasteiger partial charge >= 0.3 is 0 Å². The van der Waals surface area contributed by atoms with Crippen molar-refractivity contribution in [2.75, 3.05) is 4.90 Å². The van der Waals surface area contributed by atoms with Crippen molar-refractivity contribution in [2.24, 2.45) is 5.41 Å². The summed E-state index contributed by atoms with van der Waals surface area (Å²) in [6, 6.07) is 57.4. The molecule has 4 aliphatic carbocycles. The molecule has 0 amide bonds. The Labute approximate surface area is 428 Å². The van der Waals surface area contributed by atoms with Crippen LogP contribution in [0.1, 0.15) is 90.7 Å². The second-order valence-corrected chi connectivity index (χ2v) is 22.3. The summed E-state index contributed by atoms with van der Waals surface area (Å²) in [5.41, 5.74) is 16.6. The zero-order valence-corrected chi connectivity index (χ0v) is 43.0. The molecule has 0 spiro atoms. The maximum Gasteiger partial charge on any atom is 0.0520 e. The van der Waals surface area contributed by atoms with Gasteiger partial charge in [0.1, 0.15) is 0 Å². The standard InChI is InChI=1S/C70H68N2/c1-69(2,3)55-33-37-59(38-34-55)71(57-29-15-9-16-30-57)61-41-43-63-65(47-61)67(53-27-19-25-51(45-53)49-21-11-7-12-22-49)64-44-42-62(48-66(64)68(63)54-28-20-26-52(46-54)50-23-13-8-14-24-50)72(58-31-17-10-18-32-58)60-39-35-56(36-40-60)70(4,5)6/h7-17,19-21,23-31,33-39,41,43-49,60,62H,18,22,32,40,42H2,1-6H3. The highest BCUT2D eigenvalue weighted by Crippen LogP contribution is 2.42. The first-order chi connectivity index (χ1) is 35.0. The molecule has 3 atom stereocenters. The molecule has 2 heteroatoms. The van der Waals surface area contributed by atoms with Crippen LogP contribution in [0.5, 0.6) is 0 Å². The Morgan fingerprint density at radius 2 is 1.17 bits per heavy atom. The van der Waals surface area contributed by atoms with E-state index in [0.29, 0.717) is 5.92 Å². The van der Waals surface area contributed by atoms with Crippen molar-refractivity contribution >= 4 is 40.0 Å². The van der Waals surface area contributed by atoms with E-state index >= 15 is 0 Å². The van der Waals surface area contributed by atoms with Crippen molar-refractivity contribution in [3.8, 4) is 33.4 Å². The first-order valence-electron chi connectivity index (χ1n) is 26.4. The van der Waals surface area contributed by atoms with Gasteiger partial charge in [0.15, 0.2) is 0 Å². The van der Waals surface area contributed by atoms with Gasteiger partial charge < -0.3 is 9.80 Å². The molecule has 0 radical (unpaired) electrons. The van der Waals surface area contributed by atoms with Crippen molar-refractivity contribution in [1.82, 2.24) is 4.90 Å². The number of para-hydroxylation sites is 1. The minimum absolute atomic E-state index is 0.0490. The number of allylic oxidation sites excluding steroid dienone is 10. The summed E-state index contributed by atoms with van der Waals surface area (Å²) in [5, 5.41) is 5.15. The van der Waals surface area contributed by atoms with Crippen molar-refractivity contribution < 1.29 is 0 Å². The van der Waals surface area contributed by atoms with Gasteiger partial charge in [-0.3, -0.25) is 0 Å². The number of fused-ring (bicyclic) bond motifs is 2. The molecular formula is C70H68N2. The first kappa shape index (κ1) is 46.9. The van der Waals surface area contributed by atoms with E-state index in [2.05, 4.69) is 276 Å². The van der Waals surface area contributed by atoms with Crippen molar-refractivity contribution in [2.45, 2.75) is 97.1 Å². The van der Waals surface area contributed by atoms with E-state index in [4.69, 9.17) is 0 Å². The summed E-state index contributed by atoms with van der Waals surface area (Å²) >= 11 is 0. The monoisotopic (exact) mass is 937 g/mol. The van der Waals surface area contributed by atoms with Gasteiger partial charge in [-0.25, -0.2) is 0 Å². The normalized spacial score (nSPS) is 18.4. The zero-order valence-electron chi connectivity index (χ0n) is 43.0. The average Bonchev–Trinajstić information content (AvgIpc) is 3.41. The molecule has 0 saturated carbocycles. The Kier molecular flexibility index (Phi) is 12.8. The summed E-state index contributed by atoms with van der Waals surface area (Å²) in [5.74, 6) is 0.333. The van der Waals surface area contributed by atoms with Crippen LogP contribution in [0, 0.1) is 5.41 Å². The molecule has 0 aromatic heterocycles. The van der Waals surface area contributed by atoms with E-state index in [1.54, 1.807) is 0 Å². The zero-order chi connectivity index (χ0) is 49.4. The molecule has 11 rings (SSSR count). The van der Waals surface area contributed by atoms with Crippen LogP contribution in [0.25, 0.3) is 56.3 Å². The lowest BCUT2D eigenvalue weighted by Gasteiger charge is -2.41. The second kappa shape index (κ2) is 19.6. The molecule has 0 N–H and O–H groups in total. The van der Waals surface area contributed by atoms with Crippen LogP contribution in [0.3, 0.4) is 0 Å². The minimum Gasteiger partial charge on any atom is -0.361 e. The minimum atomic E-state index is 0.0490. The summed E-state index contributed by atoms with van der Waals surface area (Å²) in [7, 11) is 0. The summed E-state index contributed by atoms with van der Waals surface area (Å²) in [6.07, 6.45) is 33.7. The highest BCUT2D eigenvalue weighted by Gasteiger charge is 2.30. The maximum absolute atomic E-state index is 2.78. The molecule has 0 saturated heterocycles. The van der Waals surface area contributed by atoms with Crippen LogP contribution >= 0.6 is 0 Å². The van der Waals surface area contributed by atoms with Crippen LogP contribution in [0.15, 0.2) is 224 Å². The van der Waals surface area contributed by atoms with Crippen LogP contribution in [0.4, 0.5) is 17.1 Å². The molecule has 0 aliphatic heterocycles. The number of hydrogen-bond acceptors (Lipinski definition) is 2. The van der Waals surface area contributed by atoms with Gasteiger partial charge in [0.05, 0.1) is 12.1 Å². The predicted octanol–water partition coefficient (Wildman–Crippen LogP) is 17.4. The van der Waals surface area contributed by atoms with E-state index in [0.717, 1.165) is 49.2 Å². The van der Waals surface area contributed by atoms with Gasteiger partial charge in [-0.1, -0.05) is 218 Å². The molecule has 7 aromatic rings. The number of hydrogen-bond donors (Lipinski definition) is 0. The highest BCUT2D eigenvalue weighted by atomic mass is 15.2. The third-order valence-electron chi connectivity index (χ3n) is 15.4. The summed E-state index contributed by atoms with van der Waals surface area (Å²) in [6.45, 7) is 13.9. The van der Waals surface area contributed by atoms with Crippen molar-refractivity contribution in [3.63, 3.8) is 0 Å². The topological polar surface area (TPSA) is 6.48 Å². The summed E-state index contributed by atoms with van der Waals surface area (Å²) < 4.78 is 0. The smallest absolute Gasteiger partial charge is 0.0520 e. The average molecular weight is 937 g/mol. The number of benzene rings is 7. The summed E-state index contributed by atoms with van der Waals surface area (Å²) in [4.78, 5) is 5.21. The van der Waals surface area contributed by atoms with Crippen LogP contribution in [-0.4, -0.2) is 17.0 Å². The van der Waals surface area contributed by atoms with Crippen molar-refractivity contribution in [1.29, 1.82) is 0 Å². The SMILES string of the molecule is CC(C)(C)C1=CCC(N(C2=CC=CCC2)C2C=c3c(-c4cccc(-c5ccccc5)c4)c4ccc(N(c5ccccc5)c5ccc(C(C)(C)C)cc5)cc4c(-c4cccc(C5C=CC=CC5)c4)c3=CC2)C=C1. The third kappa shape index (κ3) is 9.44. The fraction of sp³-hybridized carbons (Fsp3) is 0.229. The van der Waals surface area contributed by atoms with Gasteiger partial charge in [0.25, 0.3) is 0 Å². The lowest BCUT2D eigenvalue weighted by atomic mass is 9.81. The Hall–Kier alpha value is -7.42. The molecule has 7 aromatic carbocycles. The Bertz CT molecular complexity index is 3460. The second-order valence-electron chi connectivity index (χ2n) is 22.3. The van der Waals surface area contributed by atoms with Crippen molar-refractivity contribution in [3.05, 3.63) is 245 Å². The maximum atomic E-state index is 2.78. The highest BCUT2D eigenvalue weighted by molar-refractivity contribution is 6.08. The third-order valence-corrected chi connectivity index (χ3v) is 15.4. The largest absolute Gasteiger partial charge is 0.361 e. The number of nitrogens with zero attached hydrogens (tertiary/aromatic N) is 2. The lowest BCUT2D eigenvalue weighted by Crippen LogP contribution is -2.45. The van der Waals surface area contributed by atoms with Crippen LogP contribution in [-0.2, 0) is 5.41 Å². The van der Waals surface area contributed by atoms with E-state index in [1.165, 1.54) is 77.0 Å². The molecule has 72 heavy (non-hydrogen) atoms. The Balaban J connectivity index is 1.19. The number of anilines is 3.